The molecule has 1 saturated heterocycles. The summed E-state index contributed by atoms with van der Waals surface area (Å²) in [7, 11) is 0. The Morgan fingerprint density at radius 3 is 2.79 bits per heavy atom. The van der Waals surface area contributed by atoms with Crippen LogP contribution in [0.15, 0.2) is 18.2 Å². The molecule has 0 spiro atoms. The van der Waals surface area contributed by atoms with Gasteiger partial charge in [0.15, 0.2) is 0 Å². The van der Waals surface area contributed by atoms with Crippen molar-refractivity contribution in [3.63, 3.8) is 0 Å². The Balaban J connectivity index is 1.89. The van der Waals surface area contributed by atoms with E-state index in [0.717, 1.165) is 6.07 Å². The molecule has 0 radical (unpaired) electrons. The third kappa shape index (κ3) is 1.89. The van der Waals surface area contributed by atoms with Crippen LogP contribution >= 0.6 is 0 Å². The van der Waals surface area contributed by atoms with Gasteiger partial charge >= 0.3 is 0 Å². The summed E-state index contributed by atoms with van der Waals surface area (Å²) in [5.41, 5.74) is 0.506. The minimum Gasteiger partial charge on any atom is -0.352 e. The molecule has 0 aliphatic carbocycles. The van der Waals surface area contributed by atoms with E-state index < -0.39 is 17.5 Å². The first-order valence-corrected chi connectivity index (χ1v) is 6.01. The lowest BCUT2D eigenvalue weighted by Crippen LogP contribution is -2.41. The summed E-state index contributed by atoms with van der Waals surface area (Å²) in [6.45, 7) is 0.245. The monoisotopic (exact) mass is 262 g/mol. The van der Waals surface area contributed by atoms with Gasteiger partial charge in [0.2, 0.25) is 5.91 Å². The van der Waals surface area contributed by atoms with Crippen molar-refractivity contribution in [1.82, 2.24) is 5.32 Å². The van der Waals surface area contributed by atoms with Gasteiger partial charge in [-0.2, -0.15) is 0 Å². The van der Waals surface area contributed by atoms with Crippen LogP contribution in [0, 0.1) is 5.82 Å². The van der Waals surface area contributed by atoms with Crippen LogP contribution < -0.4 is 10.2 Å². The Hall–Kier alpha value is -2.24. The highest BCUT2D eigenvalue weighted by atomic mass is 19.1. The average molecular weight is 262 g/mol. The number of benzene rings is 1. The summed E-state index contributed by atoms with van der Waals surface area (Å²) in [5, 5.41) is 2.74. The quantitative estimate of drug-likeness (QED) is 0.795. The number of halogens is 1. The topological polar surface area (TPSA) is 66.5 Å². The number of nitrogens with one attached hydrogen (secondary N) is 1. The maximum Gasteiger partial charge on any atom is 0.299 e. The Bertz CT molecular complexity index is 600. The molecule has 1 aromatic rings. The zero-order valence-electron chi connectivity index (χ0n) is 9.98. The molecule has 1 fully saturated rings. The summed E-state index contributed by atoms with van der Waals surface area (Å²) >= 11 is 0. The van der Waals surface area contributed by atoms with Crippen molar-refractivity contribution in [2.75, 3.05) is 11.4 Å². The number of fused-ring (bicyclic) bond motifs is 1. The Morgan fingerprint density at radius 2 is 2.11 bits per heavy atom. The molecule has 5 nitrogen and oxygen atoms in total. The maximum absolute atomic E-state index is 13.1. The van der Waals surface area contributed by atoms with E-state index in [1.54, 1.807) is 0 Å². The fraction of sp³-hybridized carbons (Fsp3) is 0.308. The lowest BCUT2D eigenvalue weighted by atomic mass is 10.1. The van der Waals surface area contributed by atoms with Crippen molar-refractivity contribution >= 4 is 23.3 Å². The number of carbonyl (C=O) groups excluding carboxylic acids is 3. The molecular formula is C13H11FN2O3. The van der Waals surface area contributed by atoms with Crippen LogP contribution in [-0.2, 0) is 9.59 Å². The standard InChI is InChI=1S/C13H11FN2O3/c14-7-1-3-10-9(5-7)12(18)13(19)16(10)6-8-2-4-11(17)15-8/h1,3,5,8H,2,4,6H2,(H,15,17). The predicted octanol–water partition coefficient (Wildman–Crippen LogP) is 0.634. The fourth-order valence-electron chi connectivity index (χ4n) is 2.49. The van der Waals surface area contributed by atoms with E-state index in [9.17, 15) is 18.8 Å². The van der Waals surface area contributed by atoms with E-state index in [1.165, 1.54) is 17.0 Å². The van der Waals surface area contributed by atoms with Gasteiger partial charge in [-0.05, 0) is 24.6 Å². The van der Waals surface area contributed by atoms with E-state index in [0.29, 0.717) is 18.5 Å². The second kappa shape index (κ2) is 4.15. The molecule has 1 aromatic carbocycles. The van der Waals surface area contributed by atoms with E-state index in [-0.39, 0.29) is 24.1 Å². The highest BCUT2D eigenvalue weighted by Gasteiger charge is 2.38. The molecule has 19 heavy (non-hydrogen) atoms. The predicted molar refractivity (Wildman–Crippen MR) is 64.2 cm³/mol. The first kappa shape index (κ1) is 11.8. The minimum atomic E-state index is -0.696. The molecule has 0 saturated carbocycles. The Morgan fingerprint density at radius 1 is 1.32 bits per heavy atom. The van der Waals surface area contributed by atoms with E-state index >= 15 is 0 Å². The van der Waals surface area contributed by atoms with Crippen molar-refractivity contribution in [2.45, 2.75) is 18.9 Å². The summed E-state index contributed by atoms with van der Waals surface area (Å²) < 4.78 is 13.1. The Labute approximate surface area is 108 Å². The van der Waals surface area contributed by atoms with Gasteiger partial charge in [-0.25, -0.2) is 4.39 Å². The van der Waals surface area contributed by atoms with Crippen LogP contribution in [0.25, 0.3) is 0 Å². The third-order valence-electron chi connectivity index (χ3n) is 3.42. The summed E-state index contributed by atoms with van der Waals surface area (Å²) in [6, 6.07) is 3.55. The van der Waals surface area contributed by atoms with Crippen LogP contribution in [-0.4, -0.2) is 30.2 Å². The average Bonchev–Trinajstić information content (AvgIpc) is 2.88. The molecule has 6 heteroatoms. The number of rotatable bonds is 2. The van der Waals surface area contributed by atoms with Crippen molar-refractivity contribution in [3.8, 4) is 0 Å². The number of Topliss-reactive ketones (excluding diaryl/α,β-unsaturated/α-hetero) is 1. The van der Waals surface area contributed by atoms with Gasteiger partial charge in [0, 0.05) is 19.0 Å². The smallest absolute Gasteiger partial charge is 0.299 e. The highest BCUT2D eigenvalue weighted by molar-refractivity contribution is 6.52. The van der Waals surface area contributed by atoms with Crippen molar-refractivity contribution in [3.05, 3.63) is 29.6 Å². The number of anilines is 1. The molecule has 0 bridgehead atoms. The highest BCUT2D eigenvalue weighted by Crippen LogP contribution is 2.30. The number of nitrogens with zero attached hydrogens (tertiary/aromatic N) is 1. The lowest BCUT2D eigenvalue weighted by molar-refractivity contribution is -0.119. The SMILES string of the molecule is O=C1CCC(CN2C(=O)C(=O)c3cc(F)ccc32)N1. The molecule has 2 aliphatic rings. The number of hydrogen-bond donors (Lipinski definition) is 1. The van der Waals surface area contributed by atoms with Gasteiger partial charge in [0.1, 0.15) is 5.82 Å². The number of hydrogen-bond acceptors (Lipinski definition) is 3. The fourth-order valence-corrected chi connectivity index (χ4v) is 2.49. The van der Waals surface area contributed by atoms with Crippen molar-refractivity contribution in [2.24, 2.45) is 0 Å². The molecule has 2 amide bonds. The molecule has 0 aromatic heterocycles. The van der Waals surface area contributed by atoms with Crippen LogP contribution in [0.2, 0.25) is 0 Å². The largest absolute Gasteiger partial charge is 0.352 e. The molecular weight excluding hydrogens is 251 g/mol. The van der Waals surface area contributed by atoms with E-state index in [1.807, 2.05) is 0 Å². The maximum atomic E-state index is 13.1. The molecule has 1 N–H and O–H groups in total. The molecule has 98 valence electrons. The van der Waals surface area contributed by atoms with Crippen LogP contribution in [0.4, 0.5) is 10.1 Å². The zero-order chi connectivity index (χ0) is 13.6. The van der Waals surface area contributed by atoms with Gasteiger partial charge in [-0.15, -0.1) is 0 Å². The van der Waals surface area contributed by atoms with Crippen LogP contribution in [0.5, 0.6) is 0 Å². The first-order chi connectivity index (χ1) is 9.06. The Kier molecular flexibility index (Phi) is 2.58. The molecule has 2 aliphatic heterocycles. The van der Waals surface area contributed by atoms with Gasteiger partial charge in [-0.1, -0.05) is 0 Å². The molecule has 1 unspecified atom stereocenters. The summed E-state index contributed by atoms with van der Waals surface area (Å²) in [6.07, 6.45) is 1.06. The number of amides is 2. The van der Waals surface area contributed by atoms with E-state index in [4.69, 9.17) is 0 Å². The van der Waals surface area contributed by atoms with Gasteiger partial charge in [0.25, 0.3) is 11.7 Å². The normalized spacial score (nSPS) is 21.8. The number of carbonyl (C=O) groups is 3. The van der Waals surface area contributed by atoms with Crippen LogP contribution in [0.1, 0.15) is 23.2 Å². The zero-order valence-corrected chi connectivity index (χ0v) is 9.98. The third-order valence-corrected chi connectivity index (χ3v) is 3.42. The second-order valence-electron chi connectivity index (χ2n) is 4.71. The summed E-state index contributed by atoms with van der Waals surface area (Å²) in [5.74, 6) is -1.96. The molecule has 3 rings (SSSR count). The van der Waals surface area contributed by atoms with Gasteiger partial charge in [-0.3, -0.25) is 14.4 Å². The van der Waals surface area contributed by atoms with Gasteiger partial charge < -0.3 is 10.2 Å². The van der Waals surface area contributed by atoms with E-state index in [2.05, 4.69) is 5.32 Å². The first-order valence-electron chi connectivity index (χ1n) is 6.01. The van der Waals surface area contributed by atoms with Crippen LogP contribution in [0.3, 0.4) is 0 Å². The van der Waals surface area contributed by atoms with Crippen molar-refractivity contribution < 1.29 is 18.8 Å². The van der Waals surface area contributed by atoms with Crippen molar-refractivity contribution in [1.29, 1.82) is 0 Å². The minimum absolute atomic E-state index is 0.0534. The van der Waals surface area contributed by atoms with Gasteiger partial charge in [0.05, 0.1) is 11.3 Å². The lowest BCUT2D eigenvalue weighted by Gasteiger charge is -2.20. The summed E-state index contributed by atoms with van der Waals surface area (Å²) in [4.78, 5) is 36.1. The number of ketones is 1. The molecule has 2 heterocycles. The second-order valence-corrected chi connectivity index (χ2v) is 4.71. The molecule has 1 atom stereocenters.